The highest BCUT2D eigenvalue weighted by molar-refractivity contribution is 6.04. The second-order valence-electron chi connectivity index (χ2n) is 12.0. The van der Waals surface area contributed by atoms with Gasteiger partial charge in [-0.15, -0.1) is 10.2 Å². The number of anilines is 1. The molecule has 0 atom stereocenters. The average molecular weight is 575 g/mol. The van der Waals surface area contributed by atoms with Gasteiger partial charge in [-0.25, -0.2) is 4.39 Å². The third-order valence-corrected chi connectivity index (χ3v) is 8.29. The number of nitrogens with one attached hydrogen (secondary N) is 2. The number of carbonyl (C=O) groups is 1. The molecule has 3 aromatic rings. The lowest BCUT2D eigenvalue weighted by Gasteiger charge is -2.60. The van der Waals surface area contributed by atoms with Crippen molar-refractivity contribution in [2.24, 2.45) is 18.4 Å². The van der Waals surface area contributed by atoms with E-state index < -0.39 is 41.0 Å². The Bertz CT molecular complexity index is 1500. The first-order valence-electron chi connectivity index (χ1n) is 13.8. The lowest BCUT2D eigenvalue weighted by atomic mass is 9.43. The van der Waals surface area contributed by atoms with Crippen LogP contribution in [0.25, 0.3) is 0 Å². The molecule has 2 aliphatic carbocycles. The minimum Gasteiger partial charge on any atom is -0.320 e. The number of benzene rings is 1. The number of aromatic nitrogens is 4. The highest BCUT2D eigenvalue weighted by Gasteiger charge is 2.60. The van der Waals surface area contributed by atoms with Crippen molar-refractivity contribution in [2.75, 3.05) is 11.9 Å². The maximum absolute atomic E-state index is 15.0. The first kappa shape index (κ1) is 29.0. The van der Waals surface area contributed by atoms with E-state index in [-0.39, 0.29) is 23.6 Å². The highest BCUT2D eigenvalue weighted by atomic mass is 19.4. The molecular weight excluding hydrogens is 540 g/mol. The predicted molar refractivity (Wildman–Crippen MR) is 145 cm³/mol. The Kier molecular flexibility index (Phi) is 7.56. The van der Waals surface area contributed by atoms with Crippen LogP contribution in [0.3, 0.4) is 0 Å². The average Bonchev–Trinajstić information content (AvgIpc) is 3.26. The van der Waals surface area contributed by atoms with Crippen molar-refractivity contribution in [3.63, 3.8) is 0 Å². The van der Waals surface area contributed by atoms with Gasteiger partial charge in [0.25, 0.3) is 11.5 Å². The summed E-state index contributed by atoms with van der Waals surface area (Å²) in [5.41, 5.74) is -0.973. The van der Waals surface area contributed by atoms with E-state index in [4.69, 9.17) is 0 Å². The summed E-state index contributed by atoms with van der Waals surface area (Å²) < 4.78 is 57.1. The van der Waals surface area contributed by atoms with Gasteiger partial charge in [0.1, 0.15) is 30.1 Å². The Hall–Kier alpha value is -3.54. The van der Waals surface area contributed by atoms with Gasteiger partial charge >= 0.3 is 6.18 Å². The van der Waals surface area contributed by atoms with Crippen LogP contribution < -0.4 is 16.2 Å². The number of amides is 1. The zero-order valence-corrected chi connectivity index (χ0v) is 23.3. The quantitative estimate of drug-likeness (QED) is 0.354. The number of pyridine rings is 1. The molecule has 2 aliphatic rings. The number of rotatable bonds is 9. The zero-order chi connectivity index (χ0) is 29.6. The molecule has 0 radical (unpaired) electrons. The van der Waals surface area contributed by atoms with Crippen molar-refractivity contribution in [3.8, 4) is 0 Å². The molecular formula is C29H34F4N6O2. The molecule has 2 fully saturated rings. The molecule has 0 aliphatic heterocycles. The molecule has 0 bridgehead atoms. The molecule has 220 valence electrons. The molecule has 2 aromatic heterocycles. The van der Waals surface area contributed by atoms with E-state index in [2.05, 4.69) is 20.8 Å². The molecule has 2 saturated carbocycles. The lowest BCUT2D eigenvalue weighted by Crippen LogP contribution is -2.54. The van der Waals surface area contributed by atoms with E-state index in [9.17, 15) is 22.8 Å². The van der Waals surface area contributed by atoms with E-state index in [1.165, 1.54) is 18.2 Å². The highest BCUT2D eigenvalue weighted by Crippen LogP contribution is 2.66. The number of alkyl halides is 3. The van der Waals surface area contributed by atoms with Crippen LogP contribution in [0.1, 0.15) is 73.3 Å². The van der Waals surface area contributed by atoms with Crippen LogP contribution in [0, 0.1) is 17.2 Å². The van der Waals surface area contributed by atoms with E-state index in [1.807, 2.05) is 25.5 Å². The predicted octanol–water partition coefficient (Wildman–Crippen LogP) is 4.93. The van der Waals surface area contributed by atoms with E-state index in [0.29, 0.717) is 16.7 Å². The normalized spacial score (nSPS) is 17.4. The van der Waals surface area contributed by atoms with Gasteiger partial charge in [0.15, 0.2) is 0 Å². The van der Waals surface area contributed by atoms with Crippen molar-refractivity contribution in [3.05, 3.63) is 75.5 Å². The Balaban J connectivity index is 1.46. The summed E-state index contributed by atoms with van der Waals surface area (Å²) in [7, 11) is 1.85. The van der Waals surface area contributed by atoms with Gasteiger partial charge in [0.2, 0.25) is 0 Å². The minimum atomic E-state index is -4.67. The Labute approximate surface area is 235 Å². The number of aryl methyl sites for hydroxylation is 1. The van der Waals surface area contributed by atoms with Crippen LogP contribution in [0.2, 0.25) is 0 Å². The molecule has 2 heterocycles. The second-order valence-corrected chi connectivity index (χ2v) is 12.0. The molecule has 0 saturated heterocycles. The standard InChI is InChI=1S/C29H34F4N6O2/c1-18(2)11-34-12-19-9-21(25(41)39(13-19)16-29(31,32)33)24(40)36-23-10-20(5-6-22(23)30)28(26-37-35-17-38(26)3)14-27(15-28)7-4-8-27/h5-6,9-10,13,17-18,34H,4,7-8,11-12,14-16H2,1-3H3,(H,36,40). The SMILES string of the molecule is CC(C)CNCc1cc(C(=O)Nc2cc(C3(c4nncn4C)CC4(CCC4)C3)ccc2F)c(=O)n(CC(F)(F)F)c1. The van der Waals surface area contributed by atoms with Crippen LogP contribution in [-0.4, -0.2) is 38.0 Å². The monoisotopic (exact) mass is 574 g/mol. The number of halogens is 4. The smallest absolute Gasteiger partial charge is 0.320 e. The van der Waals surface area contributed by atoms with Crippen molar-refractivity contribution < 1.29 is 22.4 Å². The van der Waals surface area contributed by atoms with E-state index in [1.54, 1.807) is 12.4 Å². The van der Waals surface area contributed by atoms with Crippen LogP contribution >= 0.6 is 0 Å². The van der Waals surface area contributed by atoms with Crippen molar-refractivity contribution in [1.82, 2.24) is 24.6 Å². The van der Waals surface area contributed by atoms with E-state index in [0.717, 1.165) is 49.7 Å². The molecule has 1 amide bonds. The third kappa shape index (κ3) is 5.79. The number of nitrogens with zero attached hydrogens (tertiary/aromatic N) is 4. The molecule has 5 rings (SSSR count). The maximum atomic E-state index is 15.0. The van der Waals surface area contributed by atoms with Crippen molar-refractivity contribution >= 4 is 11.6 Å². The van der Waals surface area contributed by atoms with Crippen LogP contribution in [0.5, 0.6) is 0 Å². The fourth-order valence-electron chi connectivity index (χ4n) is 6.35. The fourth-order valence-corrected chi connectivity index (χ4v) is 6.35. The maximum Gasteiger partial charge on any atom is 0.406 e. The van der Waals surface area contributed by atoms with Gasteiger partial charge in [0.05, 0.1) is 11.1 Å². The summed E-state index contributed by atoms with van der Waals surface area (Å²) in [5, 5.41) is 14.0. The summed E-state index contributed by atoms with van der Waals surface area (Å²) in [6, 6.07) is 5.72. The molecule has 12 heteroatoms. The molecule has 1 aromatic carbocycles. The number of carbonyl (C=O) groups excluding carboxylic acids is 1. The fraction of sp³-hybridized carbons (Fsp3) is 0.517. The number of hydrogen-bond donors (Lipinski definition) is 2. The summed E-state index contributed by atoms with van der Waals surface area (Å²) in [6.45, 7) is 3.15. The van der Waals surface area contributed by atoms with Crippen molar-refractivity contribution in [2.45, 2.75) is 70.6 Å². The second kappa shape index (κ2) is 10.7. The van der Waals surface area contributed by atoms with Gasteiger partial charge in [0, 0.05) is 19.8 Å². The first-order chi connectivity index (χ1) is 19.3. The van der Waals surface area contributed by atoms with Gasteiger partial charge in [-0.1, -0.05) is 26.3 Å². The zero-order valence-electron chi connectivity index (χ0n) is 23.3. The Morgan fingerprint density at radius 3 is 2.49 bits per heavy atom. The molecule has 41 heavy (non-hydrogen) atoms. The molecule has 1 spiro atoms. The minimum absolute atomic E-state index is 0.155. The first-order valence-corrected chi connectivity index (χ1v) is 13.8. The van der Waals surface area contributed by atoms with Crippen LogP contribution in [0.15, 0.2) is 41.6 Å². The Morgan fingerprint density at radius 2 is 1.90 bits per heavy atom. The topological polar surface area (TPSA) is 93.8 Å². The van der Waals surface area contributed by atoms with Crippen LogP contribution in [0.4, 0.5) is 23.2 Å². The van der Waals surface area contributed by atoms with Gasteiger partial charge in [-0.2, -0.15) is 13.2 Å². The van der Waals surface area contributed by atoms with Gasteiger partial charge in [-0.3, -0.25) is 9.59 Å². The largest absolute Gasteiger partial charge is 0.406 e. The van der Waals surface area contributed by atoms with E-state index >= 15 is 4.39 Å². The molecule has 8 nitrogen and oxygen atoms in total. The van der Waals surface area contributed by atoms with Gasteiger partial charge in [-0.05, 0) is 72.9 Å². The van der Waals surface area contributed by atoms with Gasteiger partial charge < -0.3 is 19.8 Å². The third-order valence-electron chi connectivity index (χ3n) is 8.29. The molecule has 2 N–H and O–H groups in total. The summed E-state index contributed by atoms with van der Waals surface area (Å²) in [5.74, 6) is -0.674. The number of hydrogen-bond acceptors (Lipinski definition) is 5. The summed E-state index contributed by atoms with van der Waals surface area (Å²) in [6.07, 6.45) is 3.07. The van der Waals surface area contributed by atoms with Crippen LogP contribution in [-0.2, 0) is 25.6 Å². The Morgan fingerprint density at radius 1 is 1.17 bits per heavy atom. The summed E-state index contributed by atoms with van der Waals surface area (Å²) in [4.78, 5) is 26.3. The molecule has 0 unspecified atom stereocenters. The van der Waals surface area contributed by atoms with Crippen molar-refractivity contribution in [1.29, 1.82) is 0 Å². The lowest BCUT2D eigenvalue weighted by molar-refractivity contribution is -0.141. The summed E-state index contributed by atoms with van der Waals surface area (Å²) >= 11 is 0.